The number of halogens is 2. The molecule has 0 unspecified atom stereocenters. The third-order valence-electron chi connectivity index (χ3n) is 2.93. The first-order valence-electron chi connectivity index (χ1n) is 5.53. The lowest BCUT2D eigenvalue weighted by molar-refractivity contribution is 0.0697. The lowest BCUT2D eigenvalue weighted by Gasteiger charge is -2.05. The van der Waals surface area contributed by atoms with E-state index in [1.165, 1.54) is 4.68 Å². The molecule has 0 atom stereocenters. The number of hydrogen-bond acceptors (Lipinski definition) is 3. The molecule has 0 saturated heterocycles. The van der Waals surface area contributed by atoms with Crippen molar-refractivity contribution in [3.63, 3.8) is 0 Å². The van der Waals surface area contributed by atoms with Gasteiger partial charge in [0.2, 0.25) is 0 Å². The van der Waals surface area contributed by atoms with Gasteiger partial charge in [0, 0.05) is 18.2 Å². The van der Waals surface area contributed by atoms with Crippen molar-refractivity contribution in [2.45, 2.75) is 6.92 Å². The molecule has 1 aromatic heterocycles. The largest absolute Gasteiger partial charge is 0.478 e. The van der Waals surface area contributed by atoms with E-state index in [2.05, 4.69) is 5.10 Å². The maximum atomic E-state index is 14.0. The van der Waals surface area contributed by atoms with Crippen LogP contribution >= 0.6 is 11.6 Å². The average molecular weight is 294 g/mol. The third-order valence-corrected chi connectivity index (χ3v) is 3.24. The van der Waals surface area contributed by atoms with Gasteiger partial charge in [-0.1, -0.05) is 11.6 Å². The topological polar surface area (TPSA) is 78.9 Å². The quantitative estimate of drug-likeness (QED) is 0.923. The summed E-state index contributed by atoms with van der Waals surface area (Å²) in [6.45, 7) is 1.62. The molecule has 0 spiro atoms. The number of aromatic nitrogens is 2. The highest BCUT2D eigenvalue weighted by atomic mass is 35.5. The number of nitriles is 1. The number of carboxylic acid groups (broad SMARTS) is 1. The number of carboxylic acids is 1. The van der Waals surface area contributed by atoms with Crippen molar-refractivity contribution >= 4 is 17.6 Å². The van der Waals surface area contributed by atoms with Crippen LogP contribution in [0.4, 0.5) is 4.39 Å². The molecule has 1 N–H and O–H groups in total. The van der Waals surface area contributed by atoms with E-state index in [0.29, 0.717) is 5.56 Å². The zero-order valence-corrected chi connectivity index (χ0v) is 11.4. The average Bonchev–Trinajstić information content (AvgIpc) is 2.64. The molecular formula is C13H9ClFN3O2. The molecular weight excluding hydrogens is 285 g/mol. The second-order valence-electron chi connectivity index (χ2n) is 4.17. The molecule has 0 fully saturated rings. The van der Waals surface area contributed by atoms with E-state index in [1.54, 1.807) is 14.0 Å². The maximum Gasteiger partial charge on any atom is 0.337 e. The highest BCUT2D eigenvalue weighted by Gasteiger charge is 2.20. The molecule has 0 aliphatic carbocycles. The molecule has 2 aromatic rings. The van der Waals surface area contributed by atoms with Gasteiger partial charge in [-0.2, -0.15) is 10.4 Å². The summed E-state index contributed by atoms with van der Waals surface area (Å²) in [5, 5.41) is 21.9. The maximum absolute atomic E-state index is 14.0. The van der Waals surface area contributed by atoms with Crippen LogP contribution in [-0.4, -0.2) is 20.9 Å². The minimum atomic E-state index is -1.26. The number of carbonyl (C=O) groups is 1. The number of hydrogen-bond donors (Lipinski definition) is 1. The summed E-state index contributed by atoms with van der Waals surface area (Å²) in [7, 11) is 1.56. The van der Waals surface area contributed by atoms with Crippen LogP contribution < -0.4 is 0 Å². The Balaban J connectivity index is 2.74. The van der Waals surface area contributed by atoms with Crippen LogP contribution in [-0.2, 0) is 7.05 Å². The molecule has 2 rings (SSSR count). The van der Waals surface area contributed by atoms with Gasteiger partial charge >= 0.3 is 5.97 Å². The Labute approximate surface area is 118 Å². The number of nitrogens with zero attached hydrogens (tertiary/aromatic N) is 3. The van der Waals surface area contributed by atoms with E-state index >= 15 is 0 Å². The third kappa shape index (κ3) is 2.12. The normalized spacial score (nSPS) is 10.3. The van der Waals surface area contributed by atoms with Crippen LogP contribution in [0.1, 0.15) is 21.6 Å². The fourth-order valence-corrected chi connectivity index (χ4v) is 2.17. The van der Waals surface area contributed by atoms with Crippen LogP contribution in [0.25, 0.3) is 11.3 Å². The van der Waals surface area contributed by atoms with Crippen molar-refractivity contribution in [1.82, 2.24) is 9.78 Å². The zero-order chi connectivity index (χ0) is 15.0. The zero-order valence-electron chi connectivity index (χ0n) is 10.6. The molecule has 0 amide bonds. The van der Waals surface area contributed by atoms with Gasteiger partial charge in [-0.15, -0.1) is 0 Å². The Hall–Kier alpha value is -2.39. The van der Waals surface area contributed by atoms with Gasteiger partial charge in [0.25, 0.3) is 0 Å². The van der Waals surface area contributed by atoms with Gasteiger partial charge in [0.05, 0.1) is 16.3 Å². The monoisotopic (exact) mass is 293 g/mol. The second-order valence-corrected chi connectivity index (χ2v) is 4.58. The first kappa shape index (κ1) is 14.0. The van der Waals surface area contributed by atoms with Gasteiger partial charge in [-0.25, -0.2) is 9.18 Å². The molecule has 0 aliphatic rings. The summed E-state index contributed by atoms with van der Waals surface area (Å²) < 4.78 is 15.3. The van der Waals surface area contributed by atoms with Crippen molar-refractivity contribution < 1.29 is 14.3 Å². The minimum absolute atomic E-state index is 0.00130. The van der Waals surface area contributed by atoms with Crippen molar-refractivity contribution in [2.24, 2.45) is 7.05 Å². The lowest BCUT2D eigenvalue weighted by Crippen LogP contribution is -2.00. The first-order valence-corrected chi connectivity index (χ1v) is 5.91. The molecule has 1 heterocycles. The fraction of sp³-hybridized carbons (Fsp3) is 0.154. The molecule has 0 saturated carbocycles. The van der Waals surface area contributed by atoms with Crippen LogP contribution in [0.5, 0.6) is 0 Å². The molecule has 1 aromatic carbocycles. The molecule has 7 heteroatoms. The Morgan fingerprint density at radius 3 is 2.70 bits per heavy atom. The van der Waals surface area contributed by atoms with Gasteiger partial charge in [0.15, 0.2) is 0 Å². The minimum Gasteiger partial charge on any atom is -0.478 e. The van der Waals surface area contributed by atoms with E-state index in [1.807, 2.05) is 6.07 Å². The van der Waals surface area contributed by atoms with E-state index in [0.717, 1.165) is 12.1 Å². The van der Waals surface area contributed by atoms with E-state index in [4.69, 9.17) is 22.0 Å². The second kappa shape index (κ2) is 4.94. The Kier molecular flexibility index (Phi) is 3.47. The molecule has 5 nitrogen and oxygen atoms in total. The van der Waals surface area contributed by atoms with Gasteiger partial charge < -0.3 is 5.11 Å². The van der Waals surface area contributed by atoms with Crippen LogP contribution in [0.2, 0.25) is 5.02 Å². The van der Waals surface area contributed by atoms with Crippen molar-refractivity contribution in [3.8, 4) is 17.3 Å². The van der Waals surface area contributed by atoms with E-state index in [9.17, 15) is 9.18 Å². The highest BCUT2D eigenvalue weighted by molar-refractivity contribution is 6.33. The summed E-state index contributed by atoms with van der Waals surface area (Å²) >= 11 is 5.69. The summed E-state index contributed by atoms with van der Waals surface area (Å²) in [6.07, 6.45) is 0. The van der Waals surface area contributed by atoms with Crippen LogP contribution in [0.15, 0.2) is 12.1 Å². The Morgan fingerprint density at radius 2 is 2.20 bits per heavy atom. The standard InChI is InChI=1S/C13H9ClFN3O2/c1-6-11(5-16)18(2)17-12(6)8-3-7(13(19)20)9(14)4-10(8)15/h3-4H,1-2H3,(H,19,20). The van der Waals surface area contributed by atoms with Crippen LogP contribution in [0, 0.1) is 24.1 Å². The van der Waals surface area contributed by atoms with Gasteiger partial charge in [-0.05, 0) is 19.1 Å². The summed E-state index contributed by atoms with van der Waals surface area (Å²) in [4.78, 5) is 11.0. The van der Waals surface area contributed by atoms with Gasteiger partial charge in [0.1, 0.15) is 17.6 Å². The molecule has 20 heavy (non-hydrogen) atoms. The smallest absolute Gasteiger partial charge is 0.337 e. The van der Waals surface area contributed by atoms with Gasteiger partial charge in [-0.3, -0.25) is 4.68 Å². The first-order chi connectivity index (χ1) is 9.36. The van der Waals surface area contributed by atoms with E-state index < -0.39 is 11.8 Å². The number of rotatable bonds is 2. The molecule has 0 aliphatic heterocycles. The summed E-state index contributed by atoms with van der Waals surface area (Å²) in [6, 6.07) is 4.01. The molecule has 0 bridgehead atoms. The number of aromatic carboxylic acids is 1. The predicted molar refractivity (Wildman–Crippen MR) is 70.0 cm³/mol. The van der Waals surface area contributed by atoms with Crippen molar-refractivity contribution in [3.05, 3.63) is 39.8 Å². The Morgan fingerprint density at radius 1 is 1.55 bits per heavy atom. The number of aryl methyl sites for hydroxylation is 1. The SMILES string of the molecule is Cc1c(-c2cc(C(=O)O)c(Cl)cc2F)nn(C)c1C#N. The Bertz CT molecular complexity index is 762. The van der Waals surface area contributed by atoms with Crippen LogP contribution in [0.3, 0.4) is 0 Å². The summed E-state index contributed by atoms with van der Waals surface area (Å²) in [5.74, 6) is -1.95. The predicted octanol–water partition coefficient (Wildman–Crippen LogP) is 2.76. The van der Waals surface area contributed by atoms with Crippen molar-refractivity contribution in [2.75, 3.05) is 0 Å². The number of benzene rings is 1. The molecule has 102 valence electrons. The fourth-order valence-electron chi connectivity index (χ4n) is 1.94. The lowest BCUT2D eigenvalue weighted by atomic mass is 10.0. The van der Waals surface area contributed by atoms with Crippen molar-refractivity contribution in [1.29, 1.82) is 5.26 Å². The molecule has 0 radical (unpaired) electrons. The van der Waals surface area contributed by atoms with E-state index in [-0.39, 0.29) is 27.5 Å². The highest BCUT2D eigenvalue weighted by Crippen LogP contribution is 2.30. The summed E-state index contributed by atoms with van der Waals surface area (Å²) in [5.41, 5.74) is 0.771.